The Labute approximate surface area is 135 Å². The summed E-state index contributed by atoms with van der Waals surface area (Å²) in [6.45, 7) is 9.42. The highest BCUT2D eigenvalue weighted by Gasteiger charge is 1.97. The minimum absolute atomic E-state index is 0.620. The lowest BCUT2D eigenvalue weighted by Gasteiger charge is -2.09. The van der Waals surface area contributed by atoms with Crippen LogP contribution in [0.4, 0.5) is 0 Å². The van der Waals surface area contributed by atoms with Crippen LogP contribution >= 0.6 is 0 Å². The van der Waals surface area contributed by atoms with Crippen molar-refractivity contribution in [2.45, 2.75) is 39.5 Å². The lowest BCUT2D eigenvalue weighted by molar-refractivity contribution is 0.193. The summed E-state index contributed by atoms with van der Waals surface area (Å²) >= 11 is 0. The Balaban J connectivity index is 2.17. The van der Waals surface area contributed by atoms with E-state index in [1.54, 1.807) is 0 Å². The third-order valence-electron chi connectivity index (χ3n) is 3.05. The van der Waals surface area contributed by atoms with E-state index < -0.39 is 0 Å². The van der Waals surface area contributed by atoms with E-state index in [4.69, 9.17) is 9.47 Å². The van der Waals surface area contributed by atoms with Gasteiger partial charge >= 0.3 is 0 Å². The van der Waals surface area contributed by atoms with E-state index in [9.17, 15) is 0 Å². The molecule has 0 N–H and O–H groups in total. The van der Waals surface area contributed by atoms with Crippen molar-refractivity contribution in [3.63, 3.8) is 0 Å². The SMILES string of the molecule is C=C(C=CC=CCC)OCCCOc1cccc(CCC)c1. The van der Waals surface area contributed by atoms with Gasteiger partial charge in [0.1, 0.15) is 11.5 Å². The van der Waals surface area contributed by atoms with E-state index in [2.05, 4.69) is 38.6 Å². The largest absolute Gasteiger partial charge is 0.494 e. The third-order valence-corrected chi connectivity index (χ3v) is 3.05. The second-order valence-electron chi connectivity index (χ2n) is 5.11. The number of hydrogen-bond acceptors (Lipinski definition) is 2. The molecule has 0 radical (unpaired) electrons. The number of allylic oxidation sites excluding steroid dienone is 4. The Kier molecular flexibility index (Phi) is 9.60. The standard InChI is InChI=1S/C20H28O2/c1-4-6-7-8-12-18(3)21-15-10-16-22-20-14-9-13-19(17-20)11-5-2/h6-9,12-14,17H,3-5,10-11,15-16H2,1-2H3. The van der Waals surface area contributed by atoms with Crippen LogP contribution in [0.2, 0.25) is 0 Å². The number of hydrogen-bond donors (Lipinski definition) is 0. The fourth-order valence-corrected chi connectivity index (χ4v) is 1.96. The van der Waals surface area contributed by atoms with Crippen LogP contribution in [0.15, 0.2) is 60.9 Å². The van der Waals surface area contributed by atoms with Gasteiger partial charge in [0, 0.05) is 6.42 Å². The van der Waals surface area contributed by atoms with E-state index in [-0.39, 0.29) is 0 Å². The highest BCUT2D eigenvalue weighted by molar-refractivity contribution is 5.28. The van der Waals surface area contributed by atoms with Gasteiger partial charge < -0.3 is 9.47 Å². The quantitative estimate of drug-likeness (QED) is 0.307. The fraction of sp³-hybridized carbons (Fsp3) is 0.400. The van der Waals surface area contributed by atoms with Crippen molar-refractivity contribution in [3.05, 3.63) is 66.5 Å². The molecule has 0 aliphatic rings. The Morgan fingerprint density at radius 2 is 2.05 bits per heavy atom. The molecule has 0 spiro atoms. The molecule has 2 nitrogen and oxygen atoms in total. The highest BCUT2D eigenvalue weighted by Crippen LogP contribution is 2.14. The number of aryl methyl sites for hydroxylation is 1. The normalized spacial score (nSPS) is 11.2. The summed E-state index contributed by atoms with van der Waals surface area (Å²) in [5, 5.41) is 0. The van der Waals surface area contributed by atoms with Crippen LogP contribution < -0.4 is 4.74 Å². The van der Waals surface area contributed by atoms with E-state index >= 15 is 0 Å². The second kappa shape index (κ2) is 11.7. The molecule has 22 heavy (non-hydrogen) atoms. The zero-order chi connectivity index (χ0) is 16.0. The molecular formula is C20H28O2. The number of benzene rings is 1. The van der Waals surface area contributed by atoms with Gasteiger partial charge in [-0.25, -0.2) is 0 Å². The average molecular weight is 300 g/mol. The zero-order valence-corrected chi connectivity index (χ0v) is 13.9. The van der Waals surface area contributed by atoms with Crippen molar-refractivity contribution in [1.29, 1.82) is 0 Å². The van der Waals surface area contributed by atoms with Gasteiger partial charge in [0.2, 0.25) is 0 Å². The summed E-state index contributed by atoms with van der Waals surface area (Å²) in [5.74, 6) is 1.63. The van der Waals surface area contributed by atoms with Gasteiger partial charge in [-0.05, 0) is 36.6 Å². The molecule has 0 amide bonds. The molecule has 1 rings (SSSR count). The summed E-state index contributed by atoms with van der Waals surface area (Å²) in [4.78, 5) is 0. The number of ether oxygens (including phenoxy) is 2. The van der Waals surface area contributed by atoms with Crippen molar-refractivity contribution in [2.24, 2.45) is 0 Å². The Morgan fingerprint density at radius 3 is 2.82 bits per heavy atom. The molecule has 0 aliphatic carbocycles. The average Bonchev–Trinajstić information content (AvgIpc) is 2.52. The van der Waals surface area contributed by atoms with Crippen molar-refractivity contribution >= 4 is 0 Å². The zero-order valence-electron chi connectivity index (χ0n) is 13.9. The first-order valence-corrected chi connectivity index (χ1v) is 8.13. The molecule has 1 aromatic carbocycles. The third kappa shape index (κ3) is 8.35. The maximum atomic E-state index is 5.75. The summed E-state index contributed by atoms with van der Waals surface area (Å²) in [5.41, 5.74) is 1.33. The van der Waals surface area contributed by atoms with Crippen LogP contribution in [0.3, 0.4) is 0 Å². The molecule has 1 aromatic rings. The fourth-order valence-electron chi connectivity index (χ4n) is 1.96. The minimum Gasteiger partial charge on any atom is -0.494 e. The molecule has 0 heterocycles. The maximum Gasteiger partial charge on any atom is 0.119 e. The molecule has 0 bridgehead atoms. The summed E-state index contributed by atoms with van der Waals surface area (Å²) < 4.78 is 11.3. The van der Waals surface area contributed by atoms with Gasteiger partial charge in [0.15, 0.2) is 0 Å². The van der Waals surface area contributed by atoms with Gasteiger partial charge in [0.25, 0.3) is 0 Å². The van der Waals surface area contributed by atoms with Crippen LogP contribution in [0.1, 0.15) is 38.7 Å². The lowest BCUT2D eigenvalue weighted by atomic mass is 10.1. The van der Waals surface area contributed by atoms with E-state index in [1.807, 2.05) is 30.4 Å². The van der Waals surface area contributed by atoms with Crippen LogP contribution in [0.25, 0.3) is 0 Å². The van der Waals surface area contributed by atoms with Crippen LogP contribution in [0.5, 0.6) is 5.75 Å². The van der Waals surface area contributed by atoms with Crippen molar-refractivity contribution in [3.8, 4) is 5.75 Å². The maximum absolute atomic E-state index is 5.75. The molecule has 0 aromatic heterocycles. The van der Waals surface area contributed by atoms with Crippen LogP contribution in [-0.4, -0.2) is 13.2 Å². The van der Waals surface area contributed by atoms with E-state index in [0.29, 0.717) is 19.0 Å². The summed E-state index contributed by atoms with van der Waals surface area (Å²) in [6.07, 6.45) is 12.0. The monoisotopic (exact) mass is 300 g/mol. The first-order valence-electron chi connectivity index (χ1n) is 8.13. The van der Waals surface area contributed by atoms with E-state index in [1.165, 1.54) is 5.56 Å². The van der Waals surface area contributed by atoms with Crippen molar-refractivity contribution in [1.82, 2.24) is 0 Å². The van der Waals surface area contributed by atoms with Gasteiger partial charge in [0.05, 0.1) is 13.2 Å². The van der Waals surface area contributed by atoms with Gasteiger partial charge in [-0.2, -0.15) is 0 Å². The molecule has 120 valence electrons. The molecule has 0 saturated heterocycles. The Morgan fingerprint density at radius 1 is 1.18 bits per heavy atom. The minimum atomic E-state index is 0.620. The second-order valence-corrected chi connectivity index (χ2v) is 5.11. The first kappa shape index (κ1) is 18.1. The molecule has 2 heteroatoms. The summed E-state index contributed by atoms with van der Waals surface area (Å²) in [7, 11) is 0. The Bertz CT molecular complexity index is 486. The Hall–Kier alpha value is -1.96. The van der Waals surface area contributed by atoms with Crippen LogP contribution in [0, 0.1) is 0 Å². The predicted octanol–water partition coefficient (Wildman–Crippen LogP) is 5.46. The van der Waals surface area contributed by atoms with E-state index in [0.717, 1.165) is 31.4 Å². The predicted molar refractivity (Wildman–Crippen MR) is 94.2 cm³/mol. The first-order chi connectivity index (χ1) is 10.8. The van der Waals surface area contributed by atoms with Crippen molar-refractivity contribution in [2.75, 3.05) is 13.2 Å². The van der Waals surface area contributed by atoms with Gasteiger partial charge in [-0.15, -0.1) is 0 Å². The number of rotatable bonds is 11. The summed E-state index contributed by atoms with van der Waals surface area (Å²) in [6, 6.07) is 8.31. The smallest absolute Gasteiger partial charge is 0.119 e. The molecule has 0 saturated carbocycles. The van der Waals surface area contributed by atoms with Gasteiger partial charge in [-0.1, -0.05) is 57.2 Å². The highest BCUT2D eigenvalue weighted by atomic mass is 16.5. The van der Waals surface area contributed by atoms with Crippen molar-refractivity contribution < 1.29 is 9.47 Å². The van der Waals surface area contributed by atoms with Gasteiger partial charge in [-0.3, -0.25) is 0 Å². The molecule has 0 fully saturated rings. The topological polar surface area (TPSA) is 18.5 Å². The molecule has 0 atom stereocenters. The molecule has 0 unspecified atom stereocenters. The molecule has 0 aliphatic heterocycles. The lowest BCUT2D eigenvalue weighted by Crippen LogP contribution is -2.02. The molecular weight excluding hydrogens is 272 g/mol. The van der Waals surface area contributed by atoms with Crippen LogP contribution in [-0.2, 0) is 11.2 Å².